The summed E-state index contributed by atoms with van der Waals surface area (Å²) in [5.41, 5.74) is -0.0128. The second-order valence-electron chi connectivity index (χ2n) is 2.56. The standard InChI is InChI=1S/C8H5ClF2INO/c1-3-6(8(10)11)4(12)2-5(13-3)7(9)14/h2,8H,1H3. The van der Waals surface area contributed by atoms with Gasteiger partial charge in [0.05, 0.1) is 5.56 Å². The van der Waals surface area contributed by atoms with E-state index < -0.39 is 11.7 Å². The summed E-state index contributed by atoms with van der Waals surface area (Å²) in [6.45, 7) is 1.42. The second kappa shape index (κ2) is 4.48. The first kappa shape index (κ1) is 11.8. The molecule has 6 heteroatoms. The van der Waals surface area contributed by atoms with Crippen LogP contribution in [0.15, 0.2) is 6.07 Å². The first-order chi connectivity index (χ1) is 6.43. The topological polar surface area (TPSA) is 30.0 Å². The molecule has 1 heterocycles. The van der Waals surface area contributed by atoms with E-state index in [1.165, 1.54) is 13.0 Å². The first-order valence-electron chi connectivity index (χ1n) is 3.58. The van der Waals surface area contributed by atoms with Crippen LogP contribution in [0.25, 0.3) is 0 Å². The van der Waals surface area contributed by atoms with Crippen molar-refractivity contribution in [3.05, 3.63) is 26.6 Å². The summed E-state index contributed by atoms with van der Waals surface area (Å²) in [6, 6.07) is 1.25. The van der Waals surface area contributed by atoms with Crippen molar-refractivity contribution < 1.29 is 13.6 Å². The van der Waals surface area contributed by atoms with Crippen molar-refractivity contribution in [3.63, 3.8) is 0 Å². The molecule has 0 bridgehead atoms. The molecule has 0 fully saturated rings. The van der Waals surface area contributed by atoms with Gasteiger partial charge < -0.3 is 0 Å². The summed E-state index contributed by atoms with van der Waals surface area (Å²) in [7, 11) is 0. The number of nitrogens with zero attached hydrogens (tertiary/aromatic N) is 1. The van der Waals surface area contributed by atoms with E-state index in [0.29, 0.717) is 3.57 Å². The van der Waals surface area contributed by atoms with Gasteiger partial charge >= 0.3 is 0 Å². The minimum absolute atomic E-state index is 0.00188. The van der Waals surface area contributed by atoms with Crippen molar-refractivity contribution in [1.82, 2.24) is 4.98 Å². The highest BCUT2D eigenvalue weighted by Crippen LogP contribution is 2.27. The third kappa shape index (κ3) is 2.38. The fourth-order valence-electron chi connectivity index (χ4n) is 1.01. The average molecular weight is 331 g/mol. The molecule has 0 unspecified atom stereocenters. The summed E-state index contributed by atoms with van der Waals surface area (Å²) in [4.78, 5) is 14.4. The predicted octanol–water partition coefficient (Wildman–Crippen LogP) is 3.31. The molecule has 0 radical (unpaired) electrons. The van der Waals surface area contributed by atoms with Gasteiger partial charge in [0.1, 0.15) is 5.69 Å². The monoisotopic (exact) mass is 331 g/mol. The van der Waals surface area contributed by atoms with Crippen LogP contribution < -0.4 is 0 Å². The molecule has 0 amide bonds. The number of halogens is 4. The normalized spacial score (nSPS) is 10.7. The number of aryl methyl sites for hydroxylation is 1. The van der Waals surface area contributed by atoms with Gasteiger partial charge in [-0.3, -0.25) is 4.79 Å². The molecule has 0 saturated heterocycles. The summed E-state index contributed by atoms with van der Waals surface area (Å²) in [6.07, 6.45) is -2.59. The van der Waals surface area contributed by atoms with E-state index in [0.717, 1.165) is 0 Å². The van der Waals surface area contributed by atoms with Crippen LogP contribution in [0.4, 0.5) is 8.78 Å². The third-order valence-corrected chi connectivity index (χ3v) is 2.70. The van der Waals surface area contributed by atoms with Crippen molar-refractivity contribution >= 4 is 39.4 Å². The van der Waals surface area contributed by atoms with Crippen LogP contribution >= 0.6 is 34.2 Å². The summed E-state index contributed by atoms with van der Waals surface area (Å²) in [5, 5.41) is -0.744. The largest absolute Gasteiger partial charge is 0.274 e. The Kier molecular flexibility index (Phi) is 3.77. The Balaban J connectivity index is 3.32. The minimum atomic E-state index is -2.59. The zero-order valence-electron chi connectivity index (χ0n) is 7.02. The fourth-order valence-corrected chi connectivity index (χ4v) is 2.02. The smallest absolute Gasteiger partial charge is 0.270 e. The van der Waals surface area contributed by atoms with Crippen LogP contribution in [0, 0.1) is 10.5 Å². The maximum Gasteiger partial charge on any atom is 0.270 e. The number of hydrogen-bond donors (Lipinski definition) is 0. The molecule has 1 rings (SSSR count). The van der Waals surface area contributed by atoms with Crippen LogP contribution in [0.1, 0.15) is 28.2 Å². The number of aromatic nitrogens is 1. The number of carbonyl (C=O) groups excluding carboxylic acids is 1. The molecule has 0 aliphatic carbocycles. The van der Waals surface area contributed by atoms with Crippen molar-refractivity contribution in [3.8, 4) is 0 Å². The van der Waals surface area contributed by atoms with E-state index in [9.17, 15) is 13.6 Å². The number of rotatable bonds is 2. The lowest BCUT2D eigenvalue weighted by Crippen LogP contribution is -2.03. The number of hydrogen-bond acceptors (Lipinski definition) is 2. The lowest BCUT2D eigenvalue weighted by molar-refractivity contribution is 0.107. The third-order valence-electron chi connectivity index (χ3n) is 1.62. The molecule has 0 saturated carbocycles. The SMILES string of the molecule is Cc1nc(C(=O)Cl)cc(I)c1C(F)F. The van der Waals surface area contributed by atoms with Gasteiger partial charge in [-0.15, -0.1) is 0 Å². The zero-order valence-corrected chi connectivity index (χ0v) is 9.94. The molecule has 76 valence electrons. The minimum Gasteiger partial charge on any atom is -0.274 e. The van der Waals surface area contributed by atoms with E-state index in [1.807, 2.05) is 0 Å². The van der Waals surface area contributed by atoms with Crippen LogP contribution in [-0.4, -0.2) is 10.2 Å². The molecular formula is C8H5ClF2INO. The van der Waals surface area contributed by atoms with Gasteiger partial charge in [-0.2, -0.15) is 0 Å². The lowest BCUT2D eigenvalue weighted by atomic mass is 10.2. The van der Waals surface area contributed by atoms with Crippen LogP contribution in [-0.2, 0) is 0 Å². The number of carbonyl (C=O) groups is 1. The second-order valence-corrected chi connectivity index (χ2v) is 4.07. The van der Waals surface area contributed by atoms with Crippen molar-refractivity contribution in [1.29, 1.82) is 0 Å². The predicted molar refractivity (Wildman–Crippen MR) is 56.8 cm³/mol. The molecule has 2 nitrogen and oxygen atoms in total. The van der Waals surface area contributed by atoms with Crippen molar-refractivity contribution in [2.75, 3.05) is 0 Å². The van der Waals surface area contributed by atoms with E-state index in [1.54, 1.807) is 22.6 Å². The Morgan fingerprint density at radius 2 is 2.21 bits per heavy atom. The maximum absolute atomic E-state index is 12.5. The highest BCUT2D eigenvalue weighted by Gasteiger charge is 2.18. The molecular weight excluding hydrogens is 326 g/mol. The number of alkyl halides is 2. The zero-order chi connectivity index (χ0) is 10.9. The Morgan fingerprint density at radius 1 is 1.64 bits per heavy atom. The fraction of sp³-hybridized carbons (Fsp3) is 0.250. The van der Waals surface area contributed by atoms with Gasteiger partial charge in [0.2, 0.25) is 0 Å². The van der Waals surface area contributed by atoms with Gasteiger partial charge in [0, 0.05) is 9.26 Å². The lowest BCUT2D eigenvalue weighted by Gasteiger charge is -2.07. The van der Waals surface area contributed by atoms with Gasteiger partial charge in [-0.25, -0.2) is 13.8 Å². The summed E-state index contributed by atoms with van der Waals surface area (Å²) < 4.78 is 25.2. The number of pyridine rings is 1. The highest BCUT2D eigenvalue weighted by atomic mass is 127. The first-order valence-corrected chi connectivity index (χ1v) is 5.04. The van der Waals surface area contributed by atoms with Gasteiger partial charge in [0.15, 0.2) is 0 Å². The van der Waals surface area contributed by atoms with Gasteiger partial charge in [-0.05, 0) is 47.2 Å². The average Bonchev–Trinajstić information content (AvgIpc) is 2.01. The molecule has 0 spiro atoms. The Hall–Kier alpha value is -0.300. The molecule has 0 N–H and O–H groups in total. The molecule has 14 heavy (non-hydrogen) atoms. The molecule has 0 aliphatic heterocycles. The maximum atomic E-state index is 12.5. The highest BCUT2D eigenvalue weighted by molar-refractivity contribution is 14.1. The van der Waals surface area contributed by atoms with E-state index >= 15 is 0 Å². The Labute approximate surface area is 97.8 Å². The van der Waals surface area contributed by atoms with Gasteiger partial charge in [-0.1, -0.05) is 0 Å². The van der Waals surface area contributed by atoms with Crippen molar-refractivity contribution in [2.24, 2.45) is 0 Å². The van der Waals surface area contributed by atoms with Gasteiger partial charge in [0.25, 0.3) is 11.7 Å². The molecule has 0 aliphatic rings. The Morgan fingerprint density at radius 3 is 2.57 bits per heavy atom. The molecule has 1 aromatic heterocycles. The van der Waals surface area contributed by atoms with E-state index in [-0.39, 0.29) is 17.0 Å². The molecule has 1 aromatic rings. The summed E-state index contributed by atoms with van der Waals surface area (Å²) >= 11 is 6.92. The quantitative estimate of drug-likeness (QED) is 0.615. The van der Waals surface area contributed by atoms with Crippen LogP contribution in [0.2, 0.25) is 0 Å². The van der Waals surface area contributed by atoms with Crippen LogP contribution in [0.3, 0.4) is 0 Å². The Bertz CT molecular complexity index is 361. The molecule has 0 aromatic carbocycles. The van der Waals surface area contributed by atoms with Crippen molar-refractivity contribution in [2.45, 2.75) is 13.3 Å². The summed E-state index contributed by atoms with van der Waals surface area (Å²) in [5.74, 6) is 0. The van der Waals surface area contributed by atoms with Crippen LogP contribution in [0.5, 0.6) is 0 Å². The molecule has 0 atom stereocenters. The van der Waals surface area contributed by atoms with E-state index in [4.69, 9.17) is 11.6 Å². The van der Waals surface area contributed by atoms with E-state index in [2.05, 4.69) is 4.98 Å².